The lowest BCUT2D eigenvalue weighted by Crippen LogP contribution is -2.44. The molecule has 6 rings (SSSR count). The fourth-order valence-electron chi connectivity index (χ4n) is 4.58. The van der Waals surface area contributed by atoms with Gasteiger partial charge >= 0.3 is 0 Å². The van der Waals surface area contributed by atoms with Gasteiger partial charge in [-0.25, -0.2) is 15.0 Å². The number of hydrogen-bond acceptors (Lipinski definition) is 6. The number of piperazine rings is 1. The van der Waals surface area contributed by atoms with E-state index in [-0.39, 0.29) is 16.4 Å². The Morgan fingerprint density at radius 2 is 1.91 bits per heavy atom. The largest absolute Gasteiger partial charge is 0.353 e. The molecule has 0 aromatic carbocycles. The molecule has 1 aliphatic heterocycles. The molecule has 7 nitrogen and oxygen atoms in total. The molecule has 0 bridgehead atoms. The zero-order chi connectivity index (χ0) is 22.7. The number of H-pyrrole nitrogens is 1. The van der Waals surface area contributed by atoms with Crippen LogP contribution < -0.4 is 10.2 Å². The molecular weight excluding hydrogens is 448 g/mol. The van der Waals surface area contributed by atoms with Gasteiger partial charge in [-0.3, -0.25) is 4.98 Å². The molecule has 170 valence electrons. The molecule has 10 heteroatoms. The molecule has 33 heavy (non-hydrogen) atoms. The van der Waals surface area contributed by atoms with Crippen LogP contribution in [0, 0.1) is 0 Å². The van der Waals surface area contributed by atoms with Crippen LogP contribution >= 0.6 is 11.6 Å². The van der Waals surface area contributed by atoms with Gasteiger partial charge in [0.2, 0.25) is 0 Å². The average molecular weight is 470 g/mol. The topological polar surface area (TPSA) is 82.6 Å². The zero-order valence-electron chi connectivity index (χ0n) is 18.0. The van der Waals surface area contributed by atoms with Crippen LogP contribution in [-0.4, -0.2) is 51.1 Å². The van der Waals surface area contributed by atoms with E-state index in [2.05, 4.69) is 25.2 Å². The van der Waals surface area contributed by atoms with Gasteiger partial charge in [0.05, 0.1) is 16.7 Å². The normalized spacial score (nSPS) is 17.3. The van der Waals surface area contributed by atoms with Gasteiger partial charge in [-0.15, -0.1) is 0 Å². The van der Waals surface area contributed by atoms with E-state index in [4.69, 9.17) is 21.6 Å². The number of anilines is 1. The maximum absolute atomic E-state index is 14.1. The van der Waals surface area contributed by atoms with Crippen molar-refractivity contribution in [1.82, 2.24) is 30.2 Å². The summed E-state index contributed by atoms with van der Waals surface area (Å²) in [4.78, 5) is 23.4. The summed E-state index contributed by atoms with van der Waals surface area (Å²) < 4.78 is 28.3. The van der Waals surface area contributed by atoms with Crippen LogP contribution in [0.3, 0.4) is 0 Å². The zero-order valence-corrected chi connectivity index (χ0v) is 18.8. The highest BCUT2D eigenvalue weighted by Gasteiger charge is 2.33. The van der Waals surface area contributed by atoms with Gasteiger partial charge in [-0.2, -0.15) is 8.78 Å². The molecule has 2 N–H and O–H groups in total. The van der Waals surface area contributed by atoms with Crippen LogP contribution in [0.5, 0.6) is 0 Å². The summed E-state index contributed by atoms with van der Waals surface area (Å²) in [5, 5.41) is 4.75. The molecule has 0 atom stereocenters. The number of halogens is 3. The van der Waals surface area contributed by atoms with Gasteiger partial charge in [0.1, 0.15) is 17.2 Å². The third-order valence-corrected chi connectivity index (χ3v) is 6.74. The SMILES string of the molecule is CC(F)(F)c1[nH]c2nccc(-c3nc(N4CCNCC4)c4c(C5CC5)cncc4n3)c2c1Cl. The molecule has 4 aromatic rings. The Morgan fingerprint density at radius 3 is 2.64 bits per heavy atom. The van der Waals surface area contributed by atoms with E-state index in [0.717, 1.165) is 62.7 Å². The second kappa shape index (κ2) is 7.56. The molecule has 1 saturated heterocycles. The molecule has 0 spiro atoms. The Morgan fingerprint density at radius 1 is 1.12 bits per heavy atom. The van der Waals surface area contributed by atoms with Gasteiger partial charge in [-0.05, 0) is 30.4 Å². The first kappa shape index (κ1) is 20.7. The van der Waals surface area contributed by atoms with Crippen molar-refractivity contribution < 1.29 is 8.78 Å². The molecule has 0 unspecified atom stereocenters. The van der Waals surface area contributed by atoms with Crippen molar-refractivity contribution >= 4 is 39.4 Å². The number of aromatic nitrogens is 5. The Kier molecular flexibility index (Phi) is 4.74. The molecule has 2 fully saturated rings. The summed E-state index contributed by atoms with van der Waals surface area (Å²) in [6.07, 6.45) is 7.51. The highest BCUT2D eigenvalue weighted by molar-refractivity contribution is 6.37. The van der Waals surface area contributed by atoms with Crippen molar-refractivity contribution in [3.8, 4) is 11.4 Å². The van der Waals surface area contributed by atoms with Crippen LogP contribution in [0.4, 0.5) is 14.6 Å². The number of fused-ring (bicyclic) bond motifs is 2. The highest BCUT2D eigenvalue weighted by Crippen LogP contribution is 2.45. The summed E-state index contributed by atoms with van der Waals surface area (Å²) >= 11 is 6.44. The van der Waals surface area contributed by atoms with Crippen molar-refractivity contribution in [3.63, 3.8) is 0 Å². The molecule has 2 aliphatic rings. The molecule has 0 amide bonds. The number of nitrogens with zero attached hydrogens (tertiary/aromatic N) is 5. The summed E-state index contributed by atoms with van der Waals surface area (Å²) in [6, 6.07) is 1.72. The van der Waals surface area contributed by atoms with E-state index in [0.29, 0.717) is 22.7 Å². The maximum Gasteiger partial charge on any atom is 0.286 e. The lowest BCUT2D eigenvalue weighted by atomic mass is 10.1. The second-order valence-electron chi connectivity index (χ2n) is 8.79. The minimum atomic E-state index is -3.13. The van der Waals surface area contributed by atoms with Crippen LogP contribution in [0.15, 0.2) is 24.7 Å². The van der Waals surface area contributed by atoms with Crippen LogP contribution in [0.2, 0.25) is 5.02 Å². The molecule has 4 aromatic heterocycles. The first-order valence-corrected chi connectivity index (χ1v) is 11.5. The summed E-state index contributed by atoms with van der Waals surface area (Å²) in [5.41, 5.74) is 2.41. The van der Waals surface area contributed by atoms with Crippen molar-refractivity contribution in [2.24, 2.45) is 0 Å². The fraction of sp³-hybridized carbons (Fsp3) is 0.391. The Bertz CT molecular complexity index is 1370. The molecular formula is C23H22ClF2N7. The summed E-state index contributed by atoms with van der Waals surface area (Å²) in [6.45, 7) is 4.18. The van der Waals surface area contributed by atoms with Crippen molar-refractivity contribution in [2.75, 3.05) is 31.1 Å². The summed E-state index contributed by atoms with van der Waals surface area (Å²) in [7, 11) is 0. The Labute approximate surface area is 193 Å². The third-order valence-electron chi connectivity index (χ3n) is 6.36. The predicted molar refractivity (Wildman–Crippen MR) is 124 cm³/mol. The van der Waals surface area contributed by atoms with Crippen LogP contribution in [0.1, 0.15) is 36.9 Å². The first-order chi connectivity index (χ1) is 15.9. The maximum atomic E-state index is 14.1. The van der Waals surface area contributed by atoms with Crippen LogP contribution in [0.25, 0.3) is 33.3 Å². The van der Waals surface area contributed by atoms with Crippen LogP contribution in [-0.2, 0) is 5.92 Å². The highest BCUT2D eigenvalue weighted by atomic mass is 35.5. The minimum absolute atomic E-state index is 0.0575. The molecule has 1 saturated carbocycles. The number of rotatable bonds is 4. The van der Waals surface area contributed by atoms with Gasteiger partial charge in [-0.1, -0.05) is 11.6 Å². The van der Waals surface area contributed by atoms with E-state index < -0.39 is 5.92 Å². The number of aromatic amines is 1. The molecule has 1 aliphatic carbocycles. The first-order valence-electron chi connectivity index (χ1n) is 11.1. The Balaban J connectivity index is 1.61. The van der Waals surface area contributed by atoms with Gasteiger partial charge in [0.15, 0.2) is 5.82 Å². The van der Waals surface area contributed by atoms with Crippen molar-refractivity contribution in [1.29, 1.82) is 0 Å². The second-order valence-corrected chi connectivity index (χ2v) is 9.17. The monoisotopic (exact) mass is 469 g/mol. The number of pyridine rings is 2. The van der Waals surface area contributed by atoms with E-state index in [1.54, 1.807) is 18.5 Å². The quantitative estimate of drug-likeness (QED) is 0.454. The van der Waals surface area contributed by atoms with Gasteiger partial charge in [0, 0.05) is 61.8 Å². The van der Waals surface area contributed by atoms with E-state index >= 15 is 0 Å². The molecule has 0 radical (unpaired) electrons. The lowest BCUT2D eigenvalue weighted by Gasteiger charge is -2.30. The fourth-order valence-corrected chi connectivity index (χ4v) is 4.99. The lowest BCUT2D eigenvalue weighted by molar-refractivity contribution is 0.0136. The number of hydrogen-bond donors (Lipinski definition) is 2. The smallest absolute Gasteiger partial charge is 0.286 e. The van der Waals surface area contributed by atoms with Gasteiger partial charge < -0.3 is 15.2 Å². The Hall–Kier alpha value is -2.91. The van der Waals surface area contributed by atoms with E-state index in [9.17, 15) is 8.78 Å². The molecule has 5 heterocycles. The number of alkyl halides is 2. The summed E-state index contributed by atoms with van der Waals surface area (Å²) in [5.74, 6) is -1.36. The third kappa shape index (κ3) is 3.50. The van der Waals surface area contributed by atoms with Gasteiger partial charge in [0.25, 0.3) is 5.92 Å². The minimum Gasteiger partial charge on any atom is -0.353 e. The standard InChI is InChI=1S/C23H22ClF2N7/c1-23(25,26)19-18(24)17-13(4-5-29-21(17)31-19)20-30-15-11-28-10-14(12-2-3-12)16(15)22(32-20)33-8-6-27-7-9-33/h4-5,10-12,27H,2-3,6-9H2,1H3,(H,29,31). The number of nitrogens with one attached hydrogen (secondary N) is 2. The van der Waals surface area contributed by atoms with E-state index in [1.165, 1.54) is 5.56 Å². The van der Waals surface area contributed by atoms with Crippen molar-refractivity contribution in [2.45, 2.75) is 31.6 Å². The predicted octanol–water partition coefficient (Wildman–Crippen LogP) is 4.62. The van der Waals surface area contributed by atoms with Crippen molar-refractivity contribution in [3.05, 3.63) is 40.9 Å². The van der Waals surface area contributed by atoms with E-state index in [1.807, 2.05) is 6.20 Å². The average Bonchev–Trinajstić information content (AvgIpc) is 3.60.